The van der Waals surface area contributed by atoms with Gasteiger partial charge in [-0.1, -0.05) is 30.3 Å². The number of carbonyl (C=O) groups excluding carboxylic acids is 2. The lowest BCUT2D eigenvalue weighted by atomic mass is 9.89. The predicted octanol–water partition coefficient (Wildman–Crippen LogP) is 4.48. The van der Waals surface area contributed by atoms with E-state index in [9.17, 15) is 9.59 Å². The van der Waals surface area contributed by atoms with Crippen molar-refractivity contribution in [1.29, 1.82) is 0 Å². The minimum Gasteiger partial charge on any atom is -0.497 e. The van der Waals surface area contributed by atoms with Crippen LogP contribution in [0.3, 0.4) is 0 Å². The Hall–Kier alpha value is -4.08. The summed E-state index contributed by atoms with van der Waals surface area (Å²) < 4.78 is 16.1. The average Bonchev–Trinajstić information content (AvgIpc) is 3.05. The summed E-state index contributed by atoms with van der Waals surface area (Å²) >= 11 is 0. The lowest BCUT2D eigenvalue weighted by Crippen LogP contribution is -2.41. The van der Waals surface area contributed by atoms with E-state index in [-0.39, 0.29) is 11.8 Å². The highest BCUT2D eigenvalue weighted by Crippen LogP contribution is 2.31. The third-order valence-corrected chi connectivity index (χ3v) is 8.25. The summed E-state index contributed by atoms with van der Waals surface area (Å²) in [7, 11) is 3.09. The van der Waals surface area contributed by atoms with Crippen molar-refractivity contribution in [2.45, 2.75) is 19.3 Å². The Morgan fingerprint density at radius 3 is 2.23 bits per heavy atom. The van der Waals surface area contributed by atoms with Crippen LogP contribution in [0.15, 0.2) is 66.7 Å². The number of hydrogen-bond acceptors (Lipinski definition) is 7. The first kappa shape index (κ1) is 30.4. The molecule has 0 aliphatic carbocycles. The third kappa shape index (κ3) is 8.27. The van der Waals surface area contributed by atoms with Gasteiger partial charge in [-0.2, -0.15) is 0 Å². The summed E-state index contributed by atoms with van der Waals surface area (Å²) in [5, 5.41) is 6.07. The fraction of sp³-hybridized carbons (Fsp3) is 0.412. The Labute approximate surface area is 254 Å². The Morgan fingerprint density at radius 1 is 0.860 bits per heavy atom. The van der Waals surface area contributed by atoms with Crippen LogP contribution in [0.25, 0.3) is 0 Å². The fourth-order valence-electron chi connectivity index (χ4n) is 5.79. The molecule has 2 N–H and O–H groups in total. The highest BCUT2D eigenvalue weighted by atomic mass is 16.5. The van der Waals surface area contributed by atoms with Crippen LogP contribution in [0.4, 0.5) is 11.4 Å². The molecule has 2 aliphatic rings. The SMILES string of the molecule is COc1cc(OC)cc(C(=O)Nc2ccc(N3CCC(Cc4ccccc4)CC3)c(C(=O)NCCN3CCOCC3)c2)c1. The van der Waals surface area contributed by atoms with E-state index in [1.165, 1.54) is 5.56 Å². The van der Waals surface area contributed by atoms with Crippen molar-refractivity contribution in [1.82, 2.24) is 10.2 Å². The standard InChI is InChI=1S/C34H42N4O5/c1-41-29-21-27(22-30(24-29)42-2)33(39)36-28-8-9-32(31(23-28)34(40)35-12-15-37-16-18-43-19-17-37)38-13-10-26(11-14-38)20-25-6-4-3-5-7-25/h3-9,21-24,26H,10-20H2,1-2H3,(H,35,40)(H,36,39). The number of methoxy groups -OCH3 is 2. The molecule has 0 spiro atoms. The van der Waals surface area contributed by atoms with Gasteiger partial charge in [0.15, 0.2) is 0 Å². The second-order valence-electron chi connectivity index (χ2n) is 11.1. The minimum absolute atomic E-state index is 0.145. The molecule has 2 heterocycles. The summed E-state index contributed by atoms with van der Waals surface area (Å²) in [6.07, 6.45) is 3.19. The van der Waals surface area contributed by atoms with Crippen molar-refractivity contribution in [3.63, 3.8) is 0 Å². The highest BCUT2D eigenvalue weighted by molar-refractivity contribution is 6.06. The number of hydrogen-bond donors (Lipinski definition) is 2. The van der Waals surface area contributed by atoms with Gasteiger partial charge in [0.2, 0.25) is 0 Å². The van der Waals surface area contributed by atoms with Crippen LogP contribution in [-0.4, -0.2) is 83.4 Å². The molecule has 0 radical (unpaired) electrons. The van der Waals surface area contributed by atoms with E-state index in [4.69, 9.17) is 14.2 Å². The number of morpholine rings is 1. The maximum Gasteiger partial charge on any atom is 0.255 e. The molecule has 0 saturated carbocycles. The maximum atomic E-state index is 13.6. The van der Waals surface area contributed by atoms with Crippen molar-refractivity contribution >= 4 is 23.2 Å². The third-order valence-electron chi connectivity index (χ3n) is 8.25. The molecule has 3 aromatic rings. The van der Waals surface area contributed by atoms with Gasteiger partial charge in [0.05, 0.1) is 33.0 Å². The van der Waals surface area contributed by atoms with Gasteiger partial charge in [-0.05, 0) is 61.1 Å². The molecular weight excluding hydrogens is 544 g/mol. The molecule has 228 valence electrons. The van der Waals surface area contributed by atoms with E-state index in [1.807, 2.05) is 12.1 Å². The molecule has 0 aromatic heterocycles. The van der Waals surface area contributed by atoms with E-state index in [0.29, 0.717) is 40.8 Å². The lowest BCUT2D eigenvalue weighted by molar-refractivity contribution is 0.0383. The molecule has 2 fully saturated rings. The monoisotopic (exact) mass is 586 g/mol. The number of anilines is 2. The Balaban J connectivity index is 1.30. The van der Waals surface area contributed by atoms with Crippen molar-refractivity contribution < 1.29 is 23.8 Å². The fourth-order valence-corrected chi connectivity index (χ4v) is 5.79. The number of amides is 2. The van der Waals surface area contributed by atoms with Crippen LogP contribution >= 0.6 is 0 Å². The van der Waals surface area contributed by atoms with E-state index in [0.717, 1.165) is 70.9 Å². The molecule has 2 amide bonds. The van der Waals surface area contributed by atoms with Crippen LogP contribution in [0.5, 0.6) is 11.5 Å². The van der Waals surface area contributed by atoms with Crippen LogP contribution in [0.1, 0.15) is 39.1 Å². The van der Waals surface area contributed by atoms with Gasteiger partial charge in [-0.15, -0.1) is 0 Å². The van der Waals surface area contributed by atoms with Crippen molar-refractivity contribution in [3.05, 3.63) is 83.4 Å². The minimum atomic E-state index is -0.314. The van der Waals surface area contributed by atoms with Crippen molar-refractivity contribution in [2.24, 2.45) is 5.92 Å². The second-order valence-corrected chi connectivity index (χ2v) is 11.1. The van der Waals surface area contributed by atoms with Gasteiger partial charge in [-0.25, -0.2) is 0 Å². The molecule has 9 heteroatoms. The lowest BCUT2D eigenvalue weighted by Gasteiger charge is -2.35. The first-order valence-corrected chi connectivity index (χ1v) is 15.1. The van der Waals surface area contributed by atoms with Crippen molar-refractivity contribution in [2.75, 3.05) is 76.9 Å². The molecule has 2 saturated heterocycles. The molecule has 3 aromatic carbocycles. The van der Waals surface area contributed by atoms with Gasteiger partial charge < -0.3 is 29.7 Å². The van der Waals surface area contributed by atoms with E-state index >= 15 is 0 Å². The molecule has 0 bridgehead atoms. The zero-order chi connectivity index (χ0) is 30.0. The zero-order valence-corrected chi connectivity index (χ0v) is 25.1. The zero-order valence-electron chi connectivity index (χ0n) is 25.1. The van der Waals surface area contributed by atoms with Crippen LogP contribution < -0.4 is 25.0 Å². The number of nitrogens with one attached hydrogen (secondary N) is 2. The maximum absolute atomic E-state index is 13.6. The van der Waals surface area contributed by atoms with E-state index in [2.05, 4.69) is 50.8 Å². The van der Waals surface area contributed by atoms with E-state index in [1.54, 1.807) is 38.5 Å². The topological polar surface area (TPSA) is 92.4 Å². The quantitative estimate of drug-likeness (QED) is 0.342. The molecule has 5 rings (SSSR count). The summed E-state index contributed by atoms with van der Waals surface area (Å²) in [5.74, 6) is 1.20. The Bertz CT molecular complexity index is 1350. The van der Waals surface area contributed by atoms with Gasteiger partial charge >= 0.3 is 0 Å². The van der Waals surface area contributed by atoms with Crippen LogP contribution in [0, 0.1) is 5.92 Å². The number of piperidine rings is 1. The van der Waals surface area contributed by atoms with Crippen LogP contribution in [0.2, 0.25) is 0 Å². The Kier molecular flexibility index (Phi) is 10.5. The number of nitrogens with zero attached hydrogens (tertiary/aromatic N) is 2. The number of benzene rings is 3. The first-order valence-electron chi connectivity index (χ1n) is 15.1. The molecular formula is C34H42N4O5. The summed E-state index contributed by atoms with van der Waals surface area (Å²) in [6.45, 7) is 6.24. The van der Waals surface area contributed by atoms with Gasteiger partial charge in [-0.3, -0.25) is 14.5 Å². The molecule has 43 heavy (non-hydrogen) atoms. The largest absolute Gasteiger partial charge is 0.497 e. The second kappa shape index (κ2) is 14.9. The Morgan fingerprint density at radius 2 is 1.56 bits per heavy atom. The molecule has 2 aliphatic heterocycles. The van der Waals surface area contributed by atoms with Gasteiger partial charge in [0.25, 0.3) is 11.8 Å². The number of carbonyl (C=O) groups is 2. The first-order chi connectivity index (χ1) is 21.0. The molecule has 0 unspecified atom stereocenters. The van der Waals surface area contributed by atoms with Crippen LogP contribution in [-0.2, 0) is 11.2 Å². The smallest absolute Gasteiger partial charge is 0.255 e. The molecule has 0 atom stereocenters. The average molecular weight is 587 g/mol. The van der Waals surface area contributed by atoms with Gasteiger partial charge in [0, 0.05) is 62.3 Å². The predicted molar refractivity (Wildman–Crippen MR) is 169 cm³/mol. The number of ether oxygens (including phenoxy) is 3. The normalized spacial score (nSPS) is 16.0. The summed E-state index contributed by atoms with van der Waals surface area (Å²) in [5.41, 5.74) is 3.77. The van der Waals surface area contributed by atoms with E-state index < -0.39 is 0 Å². The number of rotatable bonds is 11. The van der Waals surface area contributed by atoms with Gasteiger partial charge in [0.1, 0.15) is 11.5 Å². The molecule has 9 nitrogen and oxygen atoms in total. The summed E-state index contributed by atoms with van der Waals surface area (Å²) in [6, 6.07) is 21.3. The summed E-state index contributed by atoms with van der Waals surface area (Å²) in [4.78, 5) is 31.4. The van der Waals surface area contributed by atoms with Crippen molar-refractivity contribution in [3.8, 4) is 11.5 Å². The highest BCUT2D eigenvalue weighted by Gasteiger charge is 2.24.